The van der Waals surface area contributed by atoms with Gasteiger partial charge in [-0.25, -0.2) is 4.39 Å². The number of nitriles is 1. The third kappa shape index (κ3) is 2.02. The molecule has 0 aliphatic carbocycles. The van der Waals surface area contributed by atoms with Gasteiger partial charge in [0.15, 0.2) is 0 Å². The minimum absolute atomic E-state index is 0.289. The first-order valence-corrected chi connectivity index (χ1v) is 4.42. The molecule has 0 aliphatic heterocycles. The van der Waals surface area contributed by atoms with Gasteiger partial charge < -0.3 is 4.90 Å². The van der Waals surface area contributed by atoms with Crippen LogP contribution in [0.15, 0.2) is 18.2 Å². The van der Waals surface area contributed by atoms with Crippen LogP contribution in [0.4, 0.5) is 10.1 Å². The minimum Gasteiger partial charge on any atom is -0.377 e. The molecule has 0 saturated heterocycles. The van der Waals surface area contributed by atoms with Crippen molar-refractivity contribution in [2.24, 2.45) is 0 Å². The molecule has 0 N–H and O–H groups in total. The molecular formula is C11H13FN2. The van der Waals surface area contributed by atoms with Gasteiger partial charge in [0.1, 0.15) is 5.82 Å². The van der Waals surface area contributed by atoms with Crippen molar-refractivity contribution in [3.05, 3.63) is 29.6 Å². The Balaban J connectivity index is 3.24. The van der Waals surface area contributed by atoms with Gasteiger partial charge in [0, 0.05) is 19.8 Å². The van der Waals surface area contributed by atoms with Crippen LogP contribution in [0.2, 0.25) is 0 Å². The second kappa shape index (κ2) is 4.10. The summed E-state index contributed by atoms with van der Waals surface area (Å²) in [6.45, 7) is 1.77. The molecule has 1 rings (SSSR count). The summed E-state index contributed by atoms with van der Waals surface area (Å²) in [6.07, 6.45) is 0. The Morgan fingerprint density at radius 1 is 1.43 bits per heavy atom. The van der Waals surface area contributed by atoms with Gasteiger partial charge in [-0.05, 0) is 30.7 Å². The Labute approximate surface area is 83.6 Å². The van der Waals surface area contributed by atoms with Gasteiger partial charge in [-0.15, -0.1) is 0 Å². The van der Waals surface area contributed by atoms with Crippen LogP contribution < -0.4 is 4.90 Å². The third-order valence-electron chi connectivity index (χ3n) is 2.13. The van der Waals surface area contributed by atoms with Crippen LogP contribution >= 0.6 is 0 Å². The van der Waals surface area contributed by atoms with Crippen molar-refractivity contribution < 1.29 is 4.39 Å². The quantitative estimate of drug-likeness (QED) is 0.720. The summed E-state index contributed by atoms with van der Waals surface area (Å²) < 4.78 is 13.0. The molecule has 3 heteroatoms. The van der Waals surface area contributed by atoms with E-state index >= 15 is 0 Å². The van der Waals surface area contributed by atoms with Crippen molar-refractivity contribution in [2.45, 2.75) is 12.8 Å². The van der Waals surface area contributed by atoms with Crippen LogP contribution in [0.25, 0.3) is 0 Å². The predicted molar refractivity (Wildman–Crippen MR) is 54.8 cm³/mol. The lowest BCUT2D eigenvalue weighted by Crippen LogP contribution is -2.12. The lowest BCUT2D eigenvalue weighted by molar-refractivity contribution is 0.624. The van der Waals surface area contributed by atoms with Gasteiger partial charge in [-0.2, -0.15) is 5.26 Å². The van der Waals surface area contributed by atoms with Gasteiger partial charge in [0.05, 0.1) is 12.0 Å². The zero-order valence-corrected chi connectivity index (χ0v) is 8.58. The van der Waals surface area contributed by atoms with E-state index in [1.165, 1.54) is 12.1 Å². The Bertz CT molecular complexity index is 366. The number of hydrogen-bond donors (Lipinski definition) is 0. The summed E-state index contributed by atoms with van der Waals surface area (Å²) in [5, 5.41) is 8.79. The molecule has 0 radical (unpaired) electrons. The van der Waals surface area contributed by atoms with E-state index < -0.39 is 0 Å². The smallest absolute Gasteiger partial charge is 0.123 e. The second-order valence-corrected chi connectivity index (χ2v) is 3.45. The van der Waals surface area contributed by atoms with Crippen LogP contribution in [0.5, 0.6) is 0 Å². The fourth-order valence-corrected chi connectivity index (χ4v) is 1.35. The van der Waals surface area contributed by atoms with E-state index in [0.717, 1.165) is 11.3 Å². The second-order valence-electron chi connectivity index (χ2n) is 3.45. The maximum absolute atomic E-state index is 13.0. The number of benzene rings is 1. The molecular weight excluding hydrogens is 179 g/mol. The van der Waals surface area contributed by atoms with E-state index in [0.29, 0.717) is 0 Å². The van der Waals surface area contributed by atoms with Crippen molar-refractivity contribution in [3.8, 4) is 6.07 Å². The van der Waals surface area contributed by atoms with Crippen molar-refractivity contribution in [1.82, 2.24) is 0 Å². The van der Waals surface area contributed by atoms with Crippen molar-refractivity contribution >= 4 is 5.69 Å². The van der Waals surface area contributed by atoms with Crippen LogP contribution in [0.3, 0.4) is 0 Å². The molecule has 0 bridgehead atoms. The highest BCUT2D eigenvalue weighted by atomic mass is 19.1. The fraction of sp³-hybridized carbons (Fsp3) is 0.364. The molecule has 0 aliphatic rings. The van der Waals surface area contributed by atoms with Crippen molar-refractivity contribution in [3.63, 3.8) is 0 Å². The van der Waals surface area contributed by atoms with Gasteiger partial charge in [-0.1, -0.05) is 0 Å². The Hall–Kier alpha value is -1.56. The number of anilines is 1. The molecule has 0 heterocycles. The minimum atomic E-state index is -0.298. The van der Waals surface area contributed by atoms with E-state index in [2.05, 4.69) is 6.07 Å². The number of hydrogen-bond acceptors (Lipinski definition) is 2. The van der Waals surface area contributed by atoms with Crippen LogP contribution in [0, 0.1) is 17.1 Å². The normalized spacial score (nSPS) is 11.9. The fourth-order valence-electron chi connectivity index (χ4n) is 1.35. The van der Waals surface area contributed by atoms with E-state index in [9.17, 15) is 4.39 Å². The molecule has 0 amide bonds. The lowest BCUT2D eigenvalue weighted by atomic mass is 10.00. The lowest BCUT2D eigenvalue weighted by Gasteiger charge is -2.18. The summed E-state index contributed by atoms with van der Waals surface area (Å²) in [5.41, 5.74) is 1.62. The van der Waals surface area contributed by atoms with Crippen molar-refractivity contribution in [2.75, 3.05) is 19.0 Å². The highest BCUT2D eigenvalue weighted by molar-refractivity contribution is 5.55. The average molecular weight is 192 g/mol. The van der Waals surface area contributed by atoms with Gasteiger partial charge in [0.25, 0.3) is 0 Å². The van der Waals surface area contributed by atoms with Crippen molar-refractivity contribution in [1.29, 1.82) is 5.26 Å². The van der Waals surface area contributed by atoms with Crippen LogP contribution in [-0.2, 0) is 0 Å². The first-order valence-electron chi connectivity index (χ1n) is 4.42. The molecule has 14 heavy (non-hydrogen) atoms. The number of halogens is 1. The topological polar surface area (TPSA) is 27.0 Å². The summed E-state index contributed by atoms with van der Waals surface area (Å²) in [5.74, 6) is -0.587. The monoisotopic (exact) mass is 192 g/mol. The Kier molecular flexibility index (Phi) is 3.08. The van der Waals surface area contributed by atoms with E-state index in [1.807, 2.05) is 19.0 Å². The number of nitrogens with zero attached hydrogens (tertiary/aromatic N) is 2. The molecule has 2 nitrogen and oxygen atoms in total. The molecule has 1 aromatic rings. The van der Waals surface area contributed by atoms with Gasteiger partial charge >= 0.3 is 0 Å². The zero-order valence-electron chi connectivity index (χ0n) is 8.58. The summed E-state index contributed by atoms with van der Waals surface area (Å²) in [7, 11) is 3.75. The maximum Gasteiger partial charge on any atom is 0.123 e. The third-order valence-corrected chi connectivity index (χ3v) is 2.13. The van der Waals surface area contributed by atoms with E-state index in [1.54, 1.807) is 13.0 Å². The highest BCUT2D eigenvalue weighted by Crippen LogP contribution is 2.26. The average Bonchev–Trinajstić information content (AvgIpc) is 2.16. The highest BCUT2D eigenvalue weighted by Gasteiger charge is 2.12. The van der Waals surface area contributed by atoms with Gasteiger partial charge in [0.2, 0.25) is 0 Å². The molecule has 1 unspecified atom stereocenters. The maximum atomic E-state index is 13.0. The Morgan fingerprint density at radius 2 is 2.07 bits per heavy atom. The molecule has 0 spiro atoms. The predicted octanol–water partition coefficient (Wildman–Crippen LogP) is 2.52. The van der Waals surface area contributed by atoms with E-state index in [-0.39, 0.29) is 11.7 Å². The SMILES string of the molecule is CC(C#N)c1cc(F)ccc1N(C)C. The first-order chi connectivity index (χ1) is 6.56. The number of rotatable bonds is 2. The summed E-state index contributed by atoms with van der Waals surface area (Å²) in [4.78, 5) is 1.88. The molecule has 0 aromatic heterocycles. The summed E-state index contributed by atoms with van der Waals surface area (Å²) in [6, 6.07) is 6.63. The first kappa shape index (κ1) is 10.5. The van der Waals surface area contributed by atoms with E-state index in [4.69, 9.17) is 5.26 Å². The molecule has 0 fully saturated rings. The molecule has 1 aromatic carbocycles. The standard InChI is InChI=1S/C11H13FN2/c1-8(7-13)10-6-9(12)4-5-11(10)14(2)3/h4-6,8H,1-3H3. The largest absolute Gasteiger partial charge is 0.377 e. The van der Waals surface area contributed by atoms with Crippen LogP contribution in [0.1, 0.15) is 18.4 Å². The molecule has 74 valence electrons. The Morgan fingerprint density at radius 3 is 2.57 bits per heavy atom. The summed E-state index contributed by atoms with van der Waals surface area (Å²) >= 11 is 0. The molecule has 1 atom stereocenters. The molecule has 0 saturated carbocycles. The zero-order chi connectivity index (χ0) is 10.7. The van der Waals surface area contributed by atoms with Crippen LogP contribution in [-0.4, -0.2) is 14.1 Å². The van der Waals surface area contributed by atoms with Gasteiger partial charge in [-0.3, -0.25) is 0 Å².